The molecule has 0 saturated carbocycles. The molecular formula is C17H17N5O3. The number of aromatic amines is 1. The van der Waals surface area contributed by atoms with Crippen LogP contribution in [-0.2, 0) is 0 Å². The fourth-order valence-electron chi connectivity index (χ4n) is 2.23. The molecule has 0 atom stereocenters. The standard InChI is InChI=1S/C17H17N5O3/c1-11-9-15(23)21-17(20-11)19-8-7-18-16(24)13-10-14(25-22-13)12-5-3-2-4-6-12/h2-6,9-10H,7-8H2,1H3,(H,18,24)(H2,19,20,21,23). The Labute approximate surface area is 143 Å². The van der Waals surface area contributed by atoms with Crippen molar-refractivity contribution in [2.24, 2.45) is 0 Å². The van der Waals surface area contributed by atoms with Gasteiger partial charge in [0, 0.05) is 36.5 Å². The second kappa shape index (κ2) is 7.43. The van der Waals surface area contributed by atoms with Crippen LogP contribution in [0.15, 0.2) is 51.8 Å². The van der Waals surface area contributed by atoms with Crippen LogP contribution in [0.2, 0.25) is 0 Å². The first-order valence-electron chi connectivity index (χ1n) is 7.74. The van der Waals surface area contributed by atoms with Crippen molar-refractivity contribution >= 4 is 11.9 Å². The third-order valence-electron chi connectivity index (χ3n) is 3.37. The molecule has 25 heavy (non-hydrogen) atoms. The molecule has 1 amide bonds. The Morgan fingerprint density at radius 3 is 2.76 bits per heavy atom. The molecule has 1 aromatic carbocycles. The van der Waals surface area contributed by atoms with E-state index in [0.29, 0.717) is 30.5 Å². The summed E-state index contributed by atoms with van der Waals surface area (Å²) < 4.78 is 5.20. The molecule has 3 rings (SSSR count). The van der Waals surface area contributed by atoms with Crippen molar-refractivity contribution in [1.82, 2.24) is 20.4 Å². The van der Waals surface area contributed by atoms with Crippen molar-refractivity contribution < 1.29 is 9.32 Å². The third-order valence-corrected chi connectivity index (χ3v) is 3.37. The van der Waals surface area contributed by atoms with E-state index in [2.05, 4.69) is 25.8 Å². The first-order valence-corrected chi connectivity index (χ1v) is 7.74. The molecule has 0 aliphatic carbocycles. The fraction of sp³-hybridized carbons (Fsp3) is 0.176. The first-order chi connectivity index (χ1) is 12.1. The maximum absolute atomic E-state index is 12.1. The molecular weight excluding hydrogens is 322 g/mol. The lowest BCUT2D eigenvalue weighted by atomic mass is 10.1. The fourth-order valence-corrected chi connectivity index (χ4v) is 2.23. The molecule has 2 aromatic heterocycles. The van der Waals surface area contributed by atoms with Crippen LogP contribution in [-0.4, -0.2) is 34.1 Å². The number of carbonyl (C=O) groups excluding carboxylic acids is 1. The van der Waals surface area contributed by atoms with Crippen molar-refractivity contribution in [3.63, 3.8) is 0 Å². The summed E-state index contributed by atoms with van der Waals surface area (Å²) in [7, 11) is 0. The van der Waals surface area contributed by atoms with Gasteiger partial charge >= 0.3 is 0 Å². The van der Waals surface area contributed by atoms with E-state index in [-0.39, 0.29) is 17.2 Å². The number of nitrogens with one attached hydrogen (secondary N) is 3. The molecule has 0 radical (unpaired) electrons. The number of benzene rings is 1. The zero-order chi connectivity index (χ0) is 17.6. The number of H-pyrrole nitrogens is 1. The van der Waals surface area contributed by atoms with Crippen LogP contribution >= 0.6 is 0 Å². The summed E-state index contributed by atoms with van der Waals surface area (Å²) >= 11 is 0. The molecule has 3 aromatic rings. The van der Waals surface area contributed by atoms with Crippen LogP contribution in [0.5, 0.6) is 0 Å². The van der Waals surface area contributed by atoms with Crippen molar-refractivity contribution in [3.05, 3.63) is 64.2 Å². The number of rotatable bonds is 6. The molecule has 3 N–H and O–H groups in total. The summed E-state index contributed by atoms with van der Waals surface area (Å²) in [6.45, 7) is 2.47. The minimum atomic E-state index is -0.335. The van der Waals surface area contributed by atoms with Crippen molar-refractivity contribution in [2.45, 2.75) is 6.92 Å². The van der Waals surface area contributed by atoms with Crippen LogP contribution < -0.4 is 16.2 Å². The zero-order valence-corrected chi connectivity index (χ0v) is 13.6. The van der Waals surface area contributed by atoms with E-state index in [1.165, 1.54) is 6.07 Å². The van der Waals surface area contributed by atoms with Gasteiger partial charge in [0.15, 0.2) is 11.5 Å². The Hall–Kier alpha value is -3.42. The zero-order valence-electron chi connectivity index (χ0n) is 13.6. The van der Waals surface area contributed by atoms with Crippen LogP contribution in [0.3, 0.4) is 0 Å². The quantitative estimate of drug-likeness (QED) is 0.588. The average Bonchev–Trinajstić information content (AvgIpc) is 3.09. The normalized spacial score (nSPS) is 10.4. The largest absolute Gasteiger partial charge is 0.355 e. The average molecular weight is 339 g/mol. The minimum absolute atomic E-state index is 0.209. The molecule has 0 fully saturated rings. The van der Waals surface area contributed by atoms with Gasteiger partial charge in [0.05, 0.1) is 0 Å². The molecule has 128 valence electrons. The highest BCUT2D eigenvalue weighted by molar-refractivity contribution is 5.93. The molecule has 0 aliphatic heterocycles. The van der Waals surface area contributed by atoms with Gasteiger partial charge in [-0.15, -0.1) is 0 Å². The Kier molecular flexibility index (Phi) is 4.89. The van der Waals surface area contributed by atoms with Gasteiger partial charge < -0.3 is 15.2 Å². The summed E-state index contributed by atoms with van der Waals surface area (Å²) in [6, 6.07) is 12.4. The number of carbonyl (C=O) groups is 1. The maximum Gasteiger partial charge on any atom is 0.273 e. The van der Waals surface area contributed by atoms with E-state index in [1.54, 1.807) is 13.0 Å². The molecule has 0 unspecified atom stereocenters. The van der Waals surface area contributed by atoms with Crippen molar-refractivity contribution in [1.29, 1.82) is 0 Å². The Balaban J connectivity index is 1.51. The predicted octanol–water partition coefficient (Wildman–Crippen LogP) is 1.58. The number of amides is 1. The SMILES string of the molecule is Cc1cc(=O)[nH]c(NCCNC(=O)c2cc(-c3ccccc3)on2)n1. The molecule has 0 spiro atoms. The summed E-state index contributed by atoms with van der Waals surface area (Å²) in [5.41, 5.74) is 1.45. The lowest BCUT2D eigenvalue weighted by molar-refractivity contribution is 0.0946. The van der Waals surface area contributed by atoms with E-state index in [9.17, 15) is 9.59 Å². The lowest BCUT2D eigenvalue weighted by Gasteiger charge is -2.06. The van der Waals surface area contributed by atoms with Crippen LogP contribution in [0, 0.1) is 6.92 Å². The number of hydrogen-bond acceptors (Lipinski definition) is 6. The first kappa shape index (κ1) is 16.4. The van der Waals surface area contributed by atoms with Crippen molar-refractivity contribution in [2.75, 3.05) is 18.4 Å². The van der Waals surface area contributed by atoms with Crippen LogP contribution in [0.25, 0.3) is 11.3 Å². The van der Waals surface area contributed by atoms with E-state index in [1.807, 2.05) is 30.3 Å². The molecule has 0 aliphatic rings. The Morgan fingerprint density at radius 1 is 1.20 bits per heavy atom. The molecule has 0 saturated heterocycles. The summed E-state index contributed by atoms with van der Waals surface area (Å²) in [5, 5.41) is 9.44. The van der Waals surface area contributed by atoms with Gasteiger partial charge in [0.1, 0.15) is 0 Å². The van der Waals surface area contributed by atoms with E-state index >= 15 is 0 Å². The van der Waals surface area contributed by atoms with Gasteiger partial charge in [-0.05, 0) is 6.92 Å². The van der Waals surface area contributed by atoms with Gasteiger partial charge in [0.2, 0.25) is 5.95 Å². The number of hydrogen-bond donors (Lipinski definition) is 3. The van der Waals surface area contributed by atoms with Crippen LogP contribution in [0.1, 0.15) is 16.2 Å². The number of nitrogens with zero attached hydrogens (tertiary/aromatic N) is 2. The van der Waals surface area contributed by atoms with Gasteiger partial charge in [0.25, 0.3) is 11.5 Å². The predicted molar refractivity (Wildman–Crippen MR) is 92.4 cm³/mol. The number of anilines is 1. The summed E-state index contributed by atoms with van der Waals surface area (Å²) in [6.07, 6.45) is 0. The van der Waals surface area contributed by atoms with Gasteiger partial charge in [-0.2, -0.15) is 0 Å². The van der Waals surface area contributed by atoms with E-state index < -0.39 is 0 Å². The number of aryl methyl sites for hydroxylation is 1. The van der Waals surface area contributed by atoms with Crippen LogP contribution in [0.4, 0.5) is 5.95 Å². The second-order valence-electron chi connectivity index (χ2n) is 5.36. The van der Waals surface area contributed by atoms with Gasteiger partial charge in [-0.25, -0.2) is 4.98 Å². The van der Waals surface area contributed by atoms with Gasteiger partial charge in [-0.1, -0.05) is 35.5 Å². The smallest absolute Gasteiger partial charge is 0.273 e. The molecule has 8 heteroatoms. The van der Waals surface area contributed by atoms with E-state index in [0.717, 1.165) is 5.56 Å². The summed E-state index contributed by atoms with van der Waals surface area (Å²) in [5.74, 6) is 0.566. The monoisotopic (exact) mass is 339 g/mol. The minimum Gasteiger partial charge on any atom is -0.355 e. The molecule has 0 bridgehead atoms. The Bertz CT molecular complexity index is 917. The molecule has 8 nitrogen and oxygen atoms in total. The highest BCUT2D eigenvalue weighted by Gasteiger charge is 2.13. The third kappa shape index (κ3) is 4.31. The van der Waals surface area contributed by atoms with Crippen molar-refractivity contribution in [3.8, 4) is 11.3 Å². The molecule has 2 heterocycles. The van der Waals surface area contributed by atoms with E-state index in [4.69, 9.17) is 4.52 Å². The van der Waals surface area contributed by atoms with Gasteiger partial charge in [-0.3, -0.25) is 14.6 Å². The Morgan fingerprint density at radius 2 is 2.00 bits per heavy atom. The highest BCUT2D eigenvalue weighted by atomic mass is 16.5. The topological polar surface area (TPSA) is 113 Å². The second-order valence-corrected chi connectivity index (χ2v) is 5.36. The number of aromatic nitrogens is 3. The summed E-state index contributed by atoms with van der Waals surface area (Å²) in [4.78, 5) is 30.1. The highest BCUT2D eigenvalue weighted by Crippen LogP contribution is 2.19. The lowest BCUT2D eigenvalue weighted by Crippen LogP contribution is -2.29. The maximum atomic E-state index is 12.1.